The SMILES string of the molecule is CCOc1cccc2c1OC(CNC)C2.Cl. The smallest absolute Gasteiger partial charge is 0.164 e. The van der Waals surface area contributed by atoms with Crippen LogP contribution in [0.2, 0.25) is 0 Å². The van der Waals surface area contributed by atoms with E-state index >= 15 is 0 Å². The topological polar surface area (TPSA) is 30.5 Å². The van der Waals surface area contributed by atoms with Gasteiger partial charge in [0.05, 0.1) is 6.61 Å². The Labute approximate surface area is 103 Å². The lowest BCUT2D eigenvalue weighted by molar-refractivity contribution is 0.218. The molecule has 0 aromatic heterocycles. The summed E-state index contributed by atoms with van der Waals surface area (Å²) in [7, 11) is 1.94. The highest BCUT2D eigenvalue weighted by Crippen LogP contribution is 2.37. The monoisotopic (exact) mass is 243 g/mol. The van der Waals surface area contributed by atoms with Crippen LogP contribution >= 0.6 is 12.4 Å². The number of likely N-dealkylation sites (N-methyl/N-ethyl adjacent to an activating group) is 1. The molecule has 0 bridgehead atoms. The number of rotatable bonds is 4. The van der Waals surface area contributed by atoms with Crippen LogP contribution < -0.4 is 14.8 Å². The van der Waals surface area contributed by atoms with Gasteiger partial charge in [0.1, 0.15) is 6.10 Å². The molecule has 90 valence electrons. The van der Waals surface area contributed by atoms with Crippen molar-refractivity contribution >= 4 is 12.4 Å². The summed E-state index contributed by atoms with van der Waals surface area (Å²) >= 11 is 0. The minimum absolute atomic E-state index is 0. The first kappa shape index (κ1) is 13.1. The van der Waals surface area contributed by atoms with Crippen molar-refractivity contribution in [1.82, 2.24) is 5.32 Å². The number of hydrogen-bond donors (Lipinski definition) is 1. The lowest BCUT2D eigenvalue weighted by Crippen LogP contribution is -2.27. The Balaban J connectivity index is 0.00000128. The first-order chi connectivity index (χ1) is 7.35. The fraction of sp³-hybridized carbons (Fsp3) is 0.500. The molecule has 2 rings (SSSR count). The number of nitrogens with one attached hydrogen (secondary N) is 1. The van der Waals surface area contributed by atoms with Crippen molar-refractivity contribution in [3.8, 4) is 11.5 Å². The van der Waals surface area contributed by atoms with Crippen LogP contribution in [-0.4, -0.2) is 26.3 Å². The number of para-hydroxylation sites is 1. The molecule has 1 aromatic rings. The summed E-state index contributed by atoms with van der Waals surface area (Å²) in [5.74, 6) is 1.80. The number of hydrogen-bond acceptors (Lipinski definition) is 3. The summed E-state index contributed by atoms with van der Waals surface area (Å²) in [6, 6.07) is 6.09. The molecule has 16 heavy (non-hydrogen) atoms. The first-order valence-electron chi connectivity index (χ1n) is 5.41. The van der Waals surface area contributed by atoms with Crippen LogP contribution in [0.15, 0.2) is 18.2 Å². The summed E-state index contributed by atoms with van der Waals surface area (Å²) in [5.41, 5.74) is 1.25. The second-order valence-electron chi connectivity index (χ2n) is 3.68. The van der Waals surface area contributed by atoms with Crippen LogP contribution in [0, 0.1) is 0 Å². The van der Waals surface area contributed by atoms with E-state index in [-0.39, 0.29) is 18.5 Å². The highest BCUT2D eigenvalue weighted by Gasteiger charge is 2.25. The fourth-order valence-electron chi connectivity index (χ4n) is 1.92. The third-order valence-electron chi connectivity index (χ3n) is 2.52. The van der Waals surface area contributed by atoms with Gasteiger partial charge in [0.15, 0.2) is 11.5 Å². The van der Waals surface area contributed by atoms with Crippen LogP contribution in [0.5, 0.6) is 11.5 Å². The molecule has 1 aliphatic rings. The molecule has 0 fully saturated rings. The maximum Gasteiger partial charge on any atom is 0.164 e. The van der Waals surface area contributed by atoms with Gasteiger partial charge >= 0.3 is 0 Å². The van der Waals surface area contributed by atoms with Gasteiger partial charge in [-0.15, -0.1) is 12.4 Å². The summed E-state index contributed by atoms with van der Waals surface area (Å²) in [4.78, 5) is 0. The Bertz CT molecular complexity index is 344. The van der Waals surface area contributed by atoms with Crippen molar-refractivity contribution < 1.29 is 9.47 Å². The predicted octanol–water partition coefficient (Wildman–Crippen LogP) is 2.03. The van der Waals surface area contributed by atoms with E-state index < -0.39 is 0 Å². The van der Waals surface area contributed by atoms with Crippen molar-refractivity contribution in [2.75, 3.05) is 20.2 Å². The van der Waals surface area contributed by atoms with E-state index in [1.54, 1.807) is 0 Å². The molecule has 0 amide bonds. The van der Waals surface area contributed by atoms with Crippen molar-refractivity contribution in [3.63, 3.8) is 0 Å². The highest BCUT2D eigenvalue weighted by molar-refractivity contribution is 5.85. The third kappa shape index (κ3) is 2.60. The molecular formula is C12H18ClNO2. The van der Waals surface area contributed by atoms with Gasteiger partial charge in [-0.05, 0) is 20.0 Å². The number of halogens is 1. The zero-order valence-electron chi connectivity index (χ0n) is 9.66. The normalized spacial score (nSPS) is 17.2. The molecule has 1 heterocycles. The van der Waals surface area contributed by atoms with E-state index in [4.69, 9.17) is 9.47 Å². The Morgan fingerprint density at radius 1 is 1.50 bits per heavy atom. The zero-order chi connectivity index (χ0) is 10.7. The van der Waals surface area contributed by atoms with E-state index in [2.05, 4.69) is 11.4 Å². The van der Waals surface area contributed by atoms with E-state index in [0.717, 1.165) is 24.5 Å². The van der Waals surface area contributed by atoms with E-state index in [1.807, 2.05) is 26.1 Å². The summed E-state index contributed by atoms with van der Waals surface area (Å²) < 4.78 is 11.4. The molecule has 0 saturated heterocycles. The molecule has 1 aromatic carbocycles. The van der Waals surface area contributed by atoms with Crippen LogP contribution in [0.25, 0.3) is 0 Å². The lowest BCUT2D eigenvalue weighted by Gasteiger charge is -2.11. The second-order valence-corrected chi connectivity index (χ2v) is 3.68. The minimum atomic E-state index is 0. The Morgan fingerprint density at radius 3 is 3.00 bits per heavy atom. The maximum absolute atomic E-state index is 5.84. The van der Waals surface area contributed by atoms with Gasteiger partial charge in [-0.3, -0.25) is 0 Å². The van der Waals surface area contributed by atoms with Gasteiger partial charge in [0.25, 0.3) is 0 Å². The third-order valence-corrected chi connectivity index (χ3v) is 2.52. The average Bonchev–Trinajstić information content (AvgIpc) is 2.62. The van der Waals surface area contributed by atoms with Crippen molar-refractivity contribution in [2.45, 2.75) is 19.4 Å². The molecule has 0 radical (unpaired) electrons. The van der Waals surface area contributed by atoms with Crippen LogP contribution in [0.4, 0.5) is 0 Å². The minimum Gasteiger partial charge on any atom is -0.490 e. The largest absolute Gasteiger partial charge is 0.490 e. The molecule has 1 N–H and O–H groups in total. The first-order valence-corrected chi connectivity index (χ1v) is 5.41. The molecule has 3 nitrogen and oxygen atoms in total. The highest BCUT2D eigenvalue weighted by atomic mass is 35.5. The van der Waals surface area contributed by atoms with Gasteiger partial charge in [-0.2, -0.15) is 0 Å². The summed E-state index contributed by atoms with van der Waals surface area (Å²) in [6.07, 6.45) is 1.21. The van der Waals surface area contributed by atoms with Gasteiger partial charge in [0.2, 0.25) is 0 Å². The van der Waals surface area contributed by atoms with Crippen molar-refractivity contribution in [3.05, 3.63) is 23.8 Å². The van der Waals surface area contributed by atoms with E-state index in [9.17, 15) is 0 Å². The zero-order valence-corrected chi connectivity index (χ0v) is 10.5. The standard InChI is InChI=1S/C12H17NO2.ClH/c1-3-14-11-6-4-5-9-7-10(8-13-2)15-12(9)11;/h4-6,10,13H,3,7-8H2,1-2H3;1H. The molecular weight excluding hydrogens is 226 g/mol. The molecule has 0 aliphatic carbocycles. The number of benzene rings is 1. The van der Waals surface area contributed by atoms with Crippen molar-refractivity contribution in [2.24, 2.45) is 0 Å². The Hall–Kier alpha value is -0.930. The molecule has 1 atom stereocenters. The van der Waals surface area contributed by atoms with Crippen LogP contribution in [-0.2, 0) is 6.42 Å². The molecule has 4 heteroatoms. The number of fused-ring (bicyclic) bond motifs is 1. The Morgan fingerprint density at radius 2 is 2.31 bits per heavy atom. The van der Waals surface area contributed by atoms with E-state index in [0.29, 0.717) is 6.61 Å². The fourth-order valence-corrected chi connectivity index (χ4v) is 1.92. The van der Waals surface area contributed by atoms with Gasteiger partial charge < -0.3 is 14.8 Å². The van der Waals surface area contributed by atoms with Gasteiger partial charge in [0, 0.05) is 18.5 Å². The maximum atomic E-state index is 5.84. The molecule has 1 unspecified atom stereocenters. The van der Waals surface area contributed by atoms with E-state index in [1.165, 1.54) is 5.56 Å². The molecule has 0 spiro atoms. The van der Waals surface area contributed by atoms with Crippen LogP contribution in [0.1, 0.15) is 12.5 Å². The molecule has 0 saturated carbocycles. The lowest BCUT2D eigenvalue weighted by atomic mass is 10.1. The number of ether oxygens (including phenoxy) is 2. The summed E-state index contributed by atoms with van der Waals surface area (Å²) in [5, 5.41) is 3.13. The molecule has 1 aliphatic heterocycles. The quantitative estimate of drug-likeness (QED) is 0.878. The van der Waals surface area contributed by atoms with Crippen molar-refractivity contribution in [1.29, 1.82) is 0 Å². The van der Waals surface area contributed by atoms with Gasteiger partial charge in [-0.1, -0.05) is 12.1 Å². The average molecular weight is 244 g/mol. The second kappa shape index (κ2) is 5.97. The van der Waals surface area contributed by atoms with Gasteiger partial charge in [-0.25, -0.2) is 0 Å². The Kier molecular flexibility index (Phi) is 4.90. The van der Waals surface area contributed by atoms with Crippen LogP contribution in [0.3, 0.4) is 0 Å². The summed E-state index contributed by atoms with van der Waals surface area (Å²) in [6.45, 7) is 3.54. The predicted molar refractivity (Wildman–Crippen MR) is 66.9 cm³/mol.